The van der Waals surface area contributed by atoms with Gasteiger partial charge in [-0.05, 0) is 61.2 Å². The van der Waals surface area contributed by atoms with Gasteiger partial charge in [-0.1, -0.05) is 17.8 Å². The summed E-state index contributed by atoms with van der Waals surface area (Å²) in [6.45, 7) is 2.28. The number of carbonyl (C=O) groups excluding carboxylic acids is 3. The van der Waals surface area contributed by atoms with E-state index < -0.39 is 5.25 Å². The van der Waals surface area contributed by atoms with Gasteiger partial charge in [0.05, 0.1) is 14.2 Å². The van der Waals surface area contributed by atoms with E-state index in [0.29, 0.717) is 35.7 Å². The number of amides is 3. The average molecular weight is 511 g/mol. The standard InChI is InChI=1S/C26H30N4O5S/c1-34-20-10-5-17(15-21(20)35-2)11-12-27-24(32)18-6-8-19(9-7-18)28-23(31)16-22-25(33)29-26(36-22)30-13-3-4-14-30/h5-10,15,22H,3-4,11-14,16H2,1-2H3,(H,27,32)(H,28,31)/t22-/m1/s1. The van der Waals surface area contributed by atoms with Gasteiger partial charge in [0.15, 0.2) is 16.7 Å². The largest absolute Gasteiger partial charge is 0.493 e. The molecule has 2 aliphatic heterocycles. The maximum absolute atomic E-state index is 12.5. The van der Waals surface area contributed by atoms with Gasteiger partial charge in [-0.2, -0.15) is 4.99 Å². The molecule has 0 radical (unpaired) electrons. The van der Waals surface area contributed by atoms with E-state index in [0.717, 1.165) is 36.7 Å². The number of hydrogen-bond donors (Lipinski definition) is 2. The van der Waals surface area contributed by atoms with Crippen molar-refractivity contribution in [1.82, 2.24) is 10.2 Å². The monoisotopic (exact) mass is 510 g/mol. The maximum Gasteiger partial charge on any atom is 0.262 e. The Morgan fingerprint density at radius 3 is 2.47 bits per heavy atom. The predicted molar refractivity (Wildman–Crippen MR) is 140 cm³/mol. The second kappa shape index (κ2) is 11.9. The molecule has 10 heteroatoms. The van der Waals surface area contributed by atoms with Crippen molar-refractivity contribution in [1.29, 1.82) is 0 Å². The first-order valence-electron chi connectivity index (χ1n) is 11.9. The number of amidine groups is 1. The fourth-order valence-corrected chi connectivity index (χ4v) is 5.21. The van der Waals surface area contributed by atoms with Crippen molar-refractivity contribution < 1.29 is 23.9 Å². The van der Waals surface area contributed by atoms with Crippen molar-refractivity contribution >= 4 is 40.3 Å². The van der Waals surface area contributed by atoms with Crippen LogP contribution in [0.25, 0.3) is 0 Å². The van der Waals surface area contributed by atoms with Crippen LogP contribution in [0, 0.1) is 0 Å². The van der Waals surface area contributed by atoms with Crippen LogP contribution in [0.5, 0.6) is 11.5 Å². The highest BCUT2D eigenvalue weighted by molar-refractivity contribution is 8.15. The van der Waals surface area contributed by atoms with Gasteiger partial charge in [-0.3, -0.25) is 14.4 Å². The minimum atomic E-state index is -0.490. The van der Waals surface area contributed by atoms with E-state index in [4.69, 9.17) is 9.47 Å². The van der Waals surface area contributed by atoms with Crippen molar-refractivity contribution in [2.75, 3.05) is 39.2 Å². The highest BCUT2D eigenvalue weighted by Gasteiger charge is 2.33. The first kappa shape index (κ1) is 25.6. The summed E-state index contributed by atoms with van der Waals surface area (Å²) in [5.41, 5.74) is 2.08. The van der Waals surface area contributed by atoms with Gasteiger partial charge in [0.1, 0.15) is 5.25 Å². The van der Waals surface area contributed by atoms with E-state index in [1.165, 1.54) is 11.8 Å². The number of hydrogen-bond acceptors (Lipinski definition) is 7. The smallest absolute Gasteiger partial charge is 0.262 e. The van der Waals surface area contributed by atoms with Gasteiger partial charge < -0.3 is 25.0 Å². The fraction of sp³-hybridized carbons (Fsp3) is 0.385. The molecule has 2 N–H and O–H groups in total. The average Bonchev–Trinajstić information content (AvgIpc) is 3.54. The lowest BCUT2D eigenvalue weighted by Crippen LogP contribution is -2.26. The van der Waals surface area contributed by atoms with Crippen molar-refractivity contribution in [3.05, 3.63) is 53.6 Å². The molecule has 9 nitrogen and oxygen atoms in total. The molecule has 2 aliphatic rings. The first-order valence-corrected chi connectivity index (χ1v) is 12.8. The van der Waals surface area contributed by atoms with E-state index >= 15 is 0 Å². The number of aliphatic imine (C=N–C) groups is 1. The number of nitrogens with one attached hydrogen (secondary N) is 2. The Morgan fingerprint density at radius 1 is 1.06 bits per heavy atom. The van der Waals surface area contributed by atoms with Crippen molar-refractivity contribution in [2.24, 2.45) is 4.99 Å². The molecule has 2 aromatic rings. The second-order valence-corrected chi connectivity index (χ2v) is 9.73. The van der Waals surface area contributed by atoms with Crippen LogP contribution in [0.4, 0.5) is 5.69 Å². The third-order valence-electron chi connectivity index (χ3n) is 6.05. The normalized spacial score (nSPS) is 17.1. The summed E-state index contributed by atoms with van der Waals surface area (Å²) < 4.78 is 10.6. The number of nitrogens with zero attached hydrogens (tertiary/aromatic N) is 2. The van der Waals surface area contributed by atoms with Crippen LogP contribution >= 0.6 is 11.8 Å². The Hall–Kier alpha value is -3.53. The van der Waals surface area contributed by atoms with Crippen molar-refractivity contribution in [2.45, 2.75) is 30.9 Å². The summed E-state index contributed by atoms with van der Waals surface area (Å²) in [7, 11) is 3.17. The molecular weight excluding hydrogens is 480 g/mol. The Kier molecular flexibility index (Phi) is 8.48. The highest BCUT2D eigenvalue weighted by atomic mass is 32.2. The Bertz CT molecular complexity index is 1150. The molecule has 0 bridgehead atoms. The van der Waals surface area contributed by atoms with E-state index in [-0.39, 0.29) is 24.1 Å². The number of likely N-dealkylation sites (tertiary alicyclic amines) is 1. The summed E-state index contributed by atoms with van der Waals surface area (Å²) in [5, 5.41) is 5.94. The zero-order valence-corrected chi connectivity index (χ0v) is 21.2. The molecule has 36 heavy (non-hydrogen) atoms. The van der Waals surface area contributed by atoms with Crippen LogP contribution in [0.1, 0.15) is 35.2 Å². The fourth-order valence-electron chi connectivity index (χ4n) is 4.10. The molecular formula is C26H30N4O5S. The molecule has 0 saturated carbocycles. The van der Waals surface area contributed by atoms with E-state index in [1.54, 1.807) is 38.5 Å². The molecule has 190 valence electrons. The summed E-state index contributed by atoms with van der Waals surface area (Å²) in [5.74, 6) is 0.594. The first-order chi connectivity index (χ1) is 17.5. The molecule has 0 aromatic heterocycles. The Balaban J connectivity index is 1.22. The Labute approximate surface area is 214 Å². The molecule has 1 fully saturated rings. The zero-order chi connectivity index (χ0) is 25.5. The number of ether oxygens (including phenoxy) is 2. The van der Waals surface area contributed by atoms with Crippen molar-refractivity contribution in [3.8, 4) is 11.5 Å². The van der Waals surface area contributed by atoms with Crippen LogP contribution in [0.3, 0.4) is 0 Å². The quantitative estimate of drug-likeness (QED) is 0.534. The zero-order valence-electron chi connectivity index (χ0n) is 20.4. The van der Waals surface area contributed by atoms with Crippen molar-refractivity contribution in [3.63, 3.8) is 0 Å². The number of benzene rings is 2. The highest BCUT2D eigenvalue weighted by Crippen LogP contribution is 2.29. The topological polar surface area (TPSA) is 109 Å². The third kappa shape index (κ3) is 6.37. The summed E-state index contributed by atoms with van der Waals surface area (Å²) in [6, 6.07) is 12.3. The predicted octanol–water partition coefficient (Wildman–Crippen LogP) is 3.10. The molecule has 1 atom stereocenters. The van der Waals surface area contributed by atoms with E-state index in [1.807, 2.05) is 18.2 Å². The third-order valence-corrected chi connectivity index (χ3v) is 7.27. The second-order valence-electron chi connectivity index (χ2n) is 8.56. The molecule has 3 amide bonds. The molecule has 4 rings (SSSR count). The van der Waals surface area contributed by atoms with Gasteiger partial charge in [0, 0.05) is 37.3 Å². The molecule has 2 aromatic carbocycles. The summed E-state index contributed by atoms with van der Waals surface area (Å²) in [6.07, 6.45) is 2.90. The molecule has 0 unspecified atom stereocenters. The number of thioether (sulfide) groups is 1. The molecule has 0 aliphatic carbocycles. The minimum Gasteiger partial charge on any atom is -0.493 e. The van der Waals surface area contributed by atoms with Gasteiger partial charge in [0.25, 0.3) is 11.8 Å². The molecule has 2 heterocycles. The molecule has 1 saturated heterocycles. The number of carbonyl (C=O) groups is 3. The van der Waals surface area contributed by atoms with Gasteiger partial charge in [-0.15, -0.1) is 0 Å². The van der Waals surface area contributed by atoms with Crippen LogP contribution in [-0.2, 0) is 16.0 Å². The van der Waals surface area contributed by atoms with E-state index in [9.17, 15) is 14.4 Å². The van der Waals surface area contributed by atoms with Gasteiger partial charge >= 0.3 is 0 Å². The van der Waals surface area contributed by atoms with Crippen LogP contribution in [0.2, 0.25) is 0 Å². The Morgan fingerprint density at radius 2 is 1.78 bits per heavy atom. The summed E-state index contributed by atoms with van der Waals surface area (Å²) in [4.78, 5) is 43.4. The lowest BCUT2D eigenvalue weighted by molar-refractivity contribution is -0.121. The number of rotatable bonds is 9. The van der Waals surface area contributed by atoms with Crippen LogP contribution in [0.15, 0.2) is 47.5 Å². The van der Waals surface area contributed by atoms with Crippen LogP contribution in [-0.4, -0.2) is 66.9 Å². The minimum absolute atomic E-state index is 0.0583. The van der Waals surface area contributed by atoms with Gasteiger partial charge in [-0.25, -0.2) is 0 Å². The SMILES string of the molecule is COc1ccc(CCNC(=O)c2ccc(NC(=O)C[C@H]3SC(N4CCCC4)=NC3=O)cc2)cc1OC. The maximum atomic E-state index is 12.5. The van der Waals surface area contributed by atoms with Gasteiger partial charge in [0.2, 0.25) is 5.91 Å². The lowest BCUT2D eigenvalue weighted by atomic mass is 10.1. The van der Waals surface area contributed by atoms with E-state index in [2.05, 4.69) is 20.5 Å². The summed E-state index contributed by atoms with van der Waals surface area (Å²) >= 11 is 1.37. The van der Waals surface area contributed by atoms with Crippen LogP contribution < -0.4 is 20.1 Å². The molecule has 0 spiro atoms. The lowest BCUT2D eigenvalue weighted by Gasteiger charge is -2.16. The number of methoxy groups -OCH3 is 2. The number of anilines is 1.